The maximum Gasteiger partial charge on any atom is 0.326 e. The Morgan fingerprint density at radius 1 is 1.43 bits per heavy atom. The lowest BCUT2D eigenvalue weighted by Gasteiger charge is -2.13. The fraction of sp³-hybridized carbons (Fsp3) is 0.400. The highest BCUT2D eigenvalue weighted by Crippen LogP contribution is 2.22. The van der Waals surface area contributed by atoms with Gasteiger partial charge >= 0.3 is 18.0 Å². The second kappa shape index (κ2) is 8.01. The first-order valence-corrected chi connectivity index (χ1v) is 6.51. The number of nitrogens with zero attached hydrogens (tertiary/aromatic N) is 1. The summed E-state index contributed by atoms with van der Waals surface area (Å²) in [4.78, 5) is 41.5. The number of amides is 2. The molecule has 1 heterocycles. The third-order valence-electron chi connectivity index (χ3n) is 2.18. The Balaban J connectivity index is 2.52. The maximum absolute atomic E-state index is 11.6. The molecule has 11 heteroatoms. The Hall–Kier alpha value is -2.40. The van der Waals surface area contributed by atoms with Crippen molar-refractivity contribution >= 4 is 39.4 Å². The van der Waals surface area contributed by atoms with Gasteiger partial charge in [-0.05, 0) is 6.42 Å². The van der Waals surface area contributed by atoms with Crippen LogP contribution in [0.25, 0.3) is 0 Å². The van der Waals surface area contributed by atoms with Crippen LogP contribution >= 0.6 is 11.3 Å². The first-order chi connectivity index (χ1) is 9.92. The lowest BCUT2D eigenvalue weighted by Crippen LogP contribution is -2.43. The third-order valence-corrected chi connectivity index (χ3v) is 2.99. The van der Waals surface area contributed by atoms with Gasteiger partial charge in [0.15, 0.2) is 5.13 Å². The van der Waals surface area contributed by atoms with Crippen molar-refractivity contribution in [2.24, 2.45) is 0 Å². The minimum absolute atomic E-state index is 0.216. The summed E-state index contributed by atoms with van der Waals surface area (Å²) in [6, 6.07) is -2.08. The Labute approximate surface area is 123 Å². The minimum Gasteiger partial charge on any atom is -0.481 e. The average Bonchev–Trinajstić information content (AvgIpc) is 2.81. The molecular formula is C10H14N4O6S. The van der Waals surface area contributed by atoms with Gasteiger partial charge in [0, 0.05) is 6.42 Å². The van der Waals surface area contributed by atoms with E-state index >= 15 is 0 Å². The number of carboxylic acids is 2. The van der Waals surface area contributed by atoms with Crippen LogP contribution in [0.15, 0.2) is 6.20 Å². The molecule has 2 amide bonds. The van der Waals surface area contributed by atoms with E-state index in [1.54, 1.807) is 0 Å². The first kappa shape index (κ1) is 16.7. The molecule has 0 spiro atoms. The van der Waals surface area contributed by atoms with E-state index in [-0.39, 0.29) is 18.0 Å². The Bertz CT molecular complexity index is 519. The Morgan fingerprint density at radius 2 is 2.14 bits per heavy atom. The largest absolute Gasteiger partial charge is 0.481 e. The van der Waals surface area contributed by atoms with Gasteiger partial charge in [0.2, 0.25) is 0 Å². The minimum atomic E-state index is -1.31. The second-order valence-corrected chi connectivity index (χ2v) is 4.79. The van der Waals surface area contributed by atoms with Gasteiger partial charge in [-0.2, -0.15) is 0 Å². The molecule has 0 aliphatic carbocycles. The molecule has 0 saturated heterocycles. The molecule has 0 aromatic carbocycles. The number of anilines is 2. The van der Waals surface area contributed by atoms with Gasteiger partial charge in [-0.25, -0.2) is 14.6 Å². The van der Waals surface area contributed by atoms with E-state index in [4.69, 9.17) is 10.2 Å². The number of carbonyl (C=O) groups excluding carboxylic acids is 1. The summed E-state index contributed by atoms with van der Waals surface area (Å²) in [7, 11) is 1.42. The number of carbonyl (C=O) groups is 3. The molecule has 0 aliphatic heterocycles. The van der Waals surface area contributed by atoms with Crippen LogP contribution < -0.4 is 16.1 Å². The topological polar surface area (TPSA) is 150 Å². The summed E-state index contributed by atoms with van der Waals surface area (Å²) >= 11 is 1.08. The molecule has 0 radical (unpaired) electrons. The number of thiazole rings is 1. The lowest BCUT2D eigenvalue weighted by atomic mass is 10.1. The molecule has 0 fully saturated rings. The van der Waals surface area contributed by atoms with Crippen LogP contribution in [0.1, 0.15) is 12.8 Å². The van der Waals surface area contributed by atoms with Crippen molar-refractivity contribution in [3.05, 3.63) is 6.20 Å². The molecule has 21 heavy (non-hydrogen) atoms. The summed E-state index contributed by atoms with van der Waals surface area (Å²) in [5.74, 6) is -2.45. The normalized spacial score (nSPS) is 11.5. The number of aromatic nitrogens is 1. The predicted molar refractivity (Wildman–Crippen MR) is 73.2 cm³/mol. The molecule has 10 nitrogen and oxygen atoms in total. The molecule has 1 atom stereocenters. The van der Waals surface area contributed by atoms with Gasteiger partial charge in [0.05, 0.1) is 13.3 Å². The molecule has 1 aromatic rings. The van der Waals surface area contributed by atoms with Crippen molar-refractivity contribution < 1.29 is 29.4 Å². The van der Waals surface area contributed by atoms with Crippen LogP contribution in [0.4, 0.5) is 14.9 Å². The monoisotopic (exact) mass is 318 g/mol. The number of carboxylic acid groups (broad SMARTS) is 2. The van der Waals surface area contributed by atoms with Gasteiger partial charge in [-0.3, -0.25) is 20.4 Å². The molecule has 1 unspecified atom stereocenters. The zero-order valence-electron chi connectivity index (χ0n) is 11.0. The quantitative estimate of drug-likeness (QED) is 0.436. The van der Waals surface area contributed by atoms with Crippen molar-refractivity contribution in [3.63, 3.8) is 0 Å². The zero-order valence-corrected chi connectivity index (χ0v) is 11.8. The van der Waals surface area contributed by atoms with E-state index in [2.05, 4.69) is 25.9 Å². The van der Waals surface area contributed by atoms with Gasteiger partial charge in [-0.1, -0.05) is 11.3 Å². The Morgan fingerprint density at radius 3 is 2.71 bits per heavy atom. The Kier molecular flexibility index (Phi) is 6.36. The molecule has 1 rings (SSSR count). The average molecular weight is 318 g/mol. The SMILES string of the molecule is CONc1cnc(NC(=O)NC(CCC(=O)O)C(=O)O)s1. The molecule has 1 aromatic heterocycles. The molecule has 0 saturated carbocycles. The predicted octanol–water partition coefficient (Wildman–Crippen LogP) is 0.556. The number of hydrogen-bond donors (Lipinski definition) is 5. The van der Waals surface area contributed by atoms with E-state index in [9.17, 15) is 14.4 Å². The maximum atomic E-state index is 11.6. The van der Waals surface area contributed by atoms with Crippen LogP contribution in [0.5, 0.6) is 0 Å². The van der Waals surface area contributed by atoms with E-state index in [0.29, 0.717) is 5.00 Å². The van der Waals surface area contributed by atoms with Crippen LogP contribution in [0, 0.1) is 0 Å². The van der Waals surface area contributed by atoms with E-state index in [0.717, 1.165) is 11.3 Å². The number of nitrogens with one attached hydrogen (secondary N) is 3. The van der Waals surface area contributed by atoms with Crippen molar-refractivity contribution in [2.75, 3.05) is 17.9 Å². The van der Waals surface area contributed by atoms with Gasteiger partial charge < -0.3 is 15.5 Å². The van der Waals surface area contributed by atoms with Crippen LogP contribution in [0.2, 0.25) is 0 Å². The fourth-order valence-corrected chi connectivity index (χ4v) is 1.98. The number of urea groups is 1. The van der Waals surface area contributed by atoms with Gasteiger partial charge in [0.25, 0.3) is 0 Å². The van der Waals surface area contributed by atoms with Crippen molar-refractivity contribution in [1.29, 1.82) is 0 Å². The first-order valence-electron chi connectivity index (χ1n) is 5.69. The van der Waals surface area contributed by atoms with Crippen molar-refractivity contribution in [2.45, 2.75) is 18.9 Å². The highest BCUT2D eigenvalue weighted by atomic mass is 32.1. The van der Waals surface area contributed by atoms with Crippen LogP contribution in [0.3, 0.4) is 0 Å². The fourth-order valence-electron chi connectivity index (χ4n) is 1.30. The standard InChI is InChI=1S/C10H14N4O6S/c1-20-14-6-4-11-10(21-6)13-9(19)12-5(8(17)18)2-3-7(15)16/h4-5,14H,2-3H2,1H3,(H,15,16)(H,17,18)(H2,11,12,13,19). The van der Waals surface area contributed by atoms with Gasteiger partial charge in [-0.15, -0.1) is 0 Å². The number of aliphatic carboxylic acids is 2. The lowest BCUT2D eigenvalue weighted by molar-refractivity contribution is -0.140. The third kappa shape index (κ3) is 6.05. The molecule has 5 N–H and O–H groups in total. The van der Waals surface area contributed by atoms with Crippen molar-refractivity contribution in [3.8, 4) is 0 Å². The van der Waals surface area contributed by atoms with E-state index in [1.807, 2.05) is 0 Å². The van der Waals surface area contributed by atoms with E-state index in [1.165, 1.54) is 13.3 Å². The summed E-state index contributed by atoms with van der Waals surface area (Å²) in [5.41, 5.74) is 2.52. The number of hydrogen-bond acceptors (Lipinski definition) is 7. The molecule has 0 aliphatic rings. The van der Waals surface area contributed by atoms with Crippen LogP contribution in [-0.4, -0.2) is 46.3 Å². The summed E-state index contributed by atoms with van der Waals surface area (Å²) < 4.78 is 0. The molecule has 0 bridgehead atoms. The summed E-state index contributed by atoms with van der Waals surface area (Å²) in [5, 5.41) is 22.7. The van der Waals surface area contributed by atoms with Crippen LogP contribution in [-0.2, 0) is 14.4 Å². The van der Waals surface area contributed by atoms with Gasteiger partial charge in [0.1, 0.15) is 11.0 Å². The number of rotatable bonds is 8. The van der Waals surface area contributed by atoms with Crippen molar-refractivity contribution in [1.82, 2.24) is 10.3 Å². The summed E-state index contributed by atoms with van der Waals surface area (Å²) in [6.45, 7) is 0. The smallest absolute Gasteiger partial charge is 0.326 e. The zero-order chi connectivity index (χ0) is 15.8. The van der Waals surface area contributed by atoms with E-state index < -0.39 is 24.0 Å². The highest BCUT2D eigenvalue weighted by molar-refractivity contribution is 7.19. The second-order valence-electron chi connectivity index (χ2n) is 3.76. The summed E-state index contributed by atoms with van der Waals surface area (Å²) in [6.07, 6.45) is 0.839. The molecular weight excluding hydrogens is 304 g/mol. The highest BCUT2D eigenvalue weighted by Gasteiger charge is 2.21. The molecule has 116 valence electrons.